The van der Waals surface area contributed by atoms with Crippen molar-refractivity contribution >= 4 is 26.4 Å². The highest BCUT2D eigenvalue weighted by atomic mass is 32.2. The fourth-order valence-electron chi connectivity index (χ4n) is 2.07. The van der Waals surface area contributed by atoms with Crippen LogP contribution in [0.15, 0.2) is 30.5 Å². The highest BCUT2D eigenvalue weighted by molar-refractivity contribution is 7.90. The van der Waals surface area contributed by atoms with Gasteiger partial charge in [-0.3, -0.25) is 10.1 Å². The van der Waals surface area contributed by atoms with Gasteiger partial charge in [0.05, 0.1) is 10.7 Å². The van der Waals surface area contributed by atoms with Crippen molar-refractivity contribution in [3.8, 4) is 0 Å². The van der Waals surface area contributed by atoms with Gasteiger partial charge in [-0.25, -0.2) is 8.42 Å². The highest BCUT2D eigenvalue weighted by Gasteiger charge is 2.15. The van der Waals surface area contributed by atoms with Crippen LogP contribution in [0.25, 0.3) is 10.9 Å². The van der Waals surface area contributed by atoms with Gasteiger partial charge >= 0.3 is 0 Å². The number of nitro groups is 1. The maximum atomic E-state index is 11.1. The fraction of sp³-hybridized carbons (Fsp3) is 0.333. The second kappa shape index (κ2) is 5.00. The van der Waals surface area contributed by atoms with Crippen LogP contribution < -0.4 is 0 Å². The first kappa shape index (κ1) is 13.5. The van der Waals surface area contributed by atoms with Crippen LogP contribution in [0.3, 0.4) is 0 Å². The molecule has 0 aliphatic carbocycles. The molecule has 0 N–H and O–H groups in total. The summed E-state index contributed by atoms with van der Waals surface area (Å²) in [6.07, 6.45) is 3.37. The summed E-state index contributed by atoms with van der Waals surface area (Å²) in [6.45, 7) is 0.446. The van der Waals surface area contributed by atoms with Crippen molar-refractivity contribution in [2.24, 2.45) is 0 Å². The normalized spacial score (nSPS) is 11.8. The first-order valence-electron chi connectivity index (χ1n) is 5.78. The molecular formula is C12H14N2O4S. The second-order valence-electron chi connectivity index (χ2n) is 4.46. The molecule has 0 radical (unpaired) electrons. The van der Waals surface area contributed by atoms with Crippen molar-refractivity contribution in [1.82, 2.24) is 4.57 Å². The third-order valence-electron chi connectivity index (χ3n) is 2.88. The lowest BCUT2D eigenvalue weighted by molar-refractivity contribution is -0.383. The van der Waals surface area contributed by atoms with Gasteiger partial charge in [0, 0.05) is 30.4 Å². The SMILES string of the molecule is CS(=O)(=O)CCCn1ccc2cccc([N+](=O)[O-])c21. The van der Waals surface area contributed by atoms with Gasteiger partial charge in [-0.05, 0) is 12.5 Å². The number of para-hydroxylation sites is 1. The summed E-state index contributed by atoms with van der Waals surface area (Å²) in [7, 11) is -3.00. The van der Waals surface area contributed by atoms with Crippen LogP contribution in [0.1, 0.15) is 6.42 Å². The zero-order valence-corrected chi connectivity index (χ0v) is 11.3. The summed E-state index contributed by atoms with van der Waals surface area (Å²) >= 11 is 0. The summed E-state index contributed by atoms with van der Waals surface area (Å²) in [5.74, 6) is 0.0767. The molecule has 19 heavy (non-hydrogen) atoms. The van der Waals surface area contributed by atoms with Gasteiger partial charge in [0.25, 0.3) is 5.69 Å². The fourth-order valence-corrected chi connectivity index (χ4v) is 2.73. The number of fused-ring (bicyclic) bond motifs is 1. The standard InChI is InChI=1S/C12H14N2O4S/c1-19(17,18)9-3-7-13-8-6-10-4-2-5-11(12(10)13)14(15)16/h2,4-6,8H,3,7,9H2,1H3. The van der Waals surface area contributed by atoms with Crippen LogP contribution in [0.5, 0.6) is 0 Å². The van der Waals surface area contributed by atoms with E-state index < -0.39 is 14.8 Å². The molecule has 1 aromatic carbocycles. The molecule has 0 aliphatic rings. The minimum absolute atomic E-state index is 0.0434. The number of nitrogens with zero attached hydrogens (tertiary/aromatic N) is 2. The second-order valence-corrected chi connectivity index (χ2v) is 6.72. The molecule has 7 heteroatoms. The molecule has 2 rings (SSSR count). The number of aromatic nitrogens is 1. The van der Waals surface area contributed by atoms with E-state index in [1.54, 1.807) is 29.0 Å². The lowest BCUT2D eigenvalue weighted by atomic mass is 10.2. The van der Waals surface area contributed by atoms with Crippen LogP contribution in [-0.2, 0) is 16.4 Å². The van der Waals surface area contributed by atoms with Crippen molar-refractivity contribution in [3.05, 3.63) is 40.6 Å². The first-order valence-corrected chi connectivity index (χ1v) is 7.84. The largest absolute Gasteiger partial charge is 0.342 e. The van der Waals surface area contributed by atoms with Crippen LogP contribution in [0.2, 0.25) is 0 Å². The number of sulfone groups is 1. The number of nitro benzene ring substituents is 1. The average molecular weight is 282 g/mol. The molecule has 0 amide bonds. The molecule has 1 heterocycles. The Kier molecular flexibility index (Phi) is 3.57. The number of rotatable bonds is 5. The van der Waals surface area contributed by atoms with Gasteiger partial charge in [0.1, 0.15) is 15.4 Å². The molecule has 0 bridgehead atoms. The topological polar surface area (TPSA) is 82.2 Å². The number of benzene rings is 1. The minimum Gasteiger partial charge on any atom is -0.342 e. The van der Waals surface area contributed by atoms with E-state index in [0.29, 0.717) is 18.5 Å². The van der Waals surface area contributed by atoms with E-state index in [4.69, 9.17) is 0 Å². The number of aryl methyl sites for hydroxylation is 1. The Hall–Kier alpha value is -1.89. The molecule has 0 fully saturated rings. The molecule has 1 aromatic heterocycles. The zero-order valence-electron chi connectivity index (χ0n) is 10.4. The van der Waals surface area contributed by atoms with Gasteiger partial charge in [-0.1, -0.05) is 12.1 Å². The van der Waals surface area contributed by atoms with Crippen LogP contribution in [0.4, 0.5) is 5.69 Å². The van der Waals surface area contributed by atoms with E-state index in [2.05, 4.69) is 0 Å². The maximum Gasteiger partial charge on any atom is 0.293 e. The number of non-ortho nitro benzene ring substituents is 1. The smallest absolute Gasteiger partial charge is 0.293 e. The van der Waals surface area contributed by atoms with Crippen LogP contribution in [-0.4, -0.2) is 29.9 Å². The number of hydrogen-bond donors (Lipinski definition) is 0. The van der Waals surface area contributed by atoms with Crippen LogP contribution >= 0.6 is 0 Å². The van der Waals surface area contributed by atoms with Crippen LogP contribution in [0, 0.1) is 10.1 Å². The summed E-state index contributed by atoms with van der Waals surface area (Å²) in [4.78, 5) is 10.6. The van der Waals surface area contributed by atoms with E-state index in [1.165, 1.54) is 12.3 Å². The quantitative estimate of drug-likeness (QED) is 0.620. The Morgan fingerprint density at radius 1 is 1.32 bits per heavy atom. The molecule has 0 saturated carbocycles. The van der Waals surface area contributed by atoms with Crippen molar-refractivity contribution in [3.63, 3.8) is 0 Å². The Bertz CT molecular complexity index is 718. The van der Waals surface area contributed by atoms with Gasteiger partial charge in [0.2, 0.25) is 0 Å². The molecular weight excluding hydrogens is 268 g/mol. The van der Waals surface area contributed by atoms with E-state index in [1.807, 2.05) is 0 Å². The Morgan fingerprint density at radius 3 is 2.68 bits per heavy atom. The third-order valence-corrected chi connectivity index (χ3v) is 3.91. The Labute approximate surface area is 110 Å². The van der Waals surface area contributed by atoms with E-state index in [-0.39, 0.29) is 11.4 Å². The monoisotopic (exact) mass is 282 g/mol. The lowest BCUT2D eigenvalue weighted by Gasteiger charge is -2.05. The van der Waals surface area contributed by atoms with Crippen molar-refractivity contribution in [2.45, 2.75) is 13.0 Å². The molecule has 0 atom stereocenters. The van der Waals surface area contributed by atoms with Crippen molar-refractivity contribution in [1.29, 1.82) is 0 Å². The summed E-state index contributed by atoms with van der Waals surface area (Å²) < 4.78 is 23.9. The molecule has 6 nitrogen and oxygen atoms in total. The van der Waals surface area contributed by atoms with Gasteiger partial charge in [0.15, 0.2) is 0 Å². The Balaban J connectivity index is 2.31. The van der Waals surface area contributed by atoms with E-state index in [0.717, 1.165) is 5.39 Å². The van der Waals surface area contributed by atoms with E-state index >= 15 is 0 Å². The molecule has 2 aromatic rings. The van der Waals surface area contributed by atoms with Gasteiger partial charge in [-0.15, -0.1) is 0 Å². The van der Waals surface area contributed by atoms with Crippen molar-refractivity contribution < 1.29 is 13.3 Å². The minimum atomic E-state index is -3.00. The average Bonchev–Trinajstić information content (AvgIpc) is 2.70. The maximum absolute atomic E-state index is 11.1. The number of hydrogen-bond acceptors (Lipinski definition) is 4. The molecule has 0 spiro atoms. The predicted molar refractivity (Wildman–Crippen MR) is 72.9 cm³/mol. The summed E-state index contributed by atoms with van der Waals surface area (Å²) in [5.41, 5.74) is 0.586. The van der Waals surface area contributed by atoms with E-state index in [9.17, 15) is 18.5 Å². The Morgan fingerprint density at radius 2 is 2.05 bits per heavy atom. The molecule has 0 saturated heterocycles. The first-order chi connectivity index (χ1) is 8.88. The molecule has 102 valence electrons. The molecule has 0 aliphatic heterocycles. The van der Waals surface area contributed by atoms with Crippen molar-refractivity contribution in [2.75, 3.05) is 12.0 Å². The molecule has 0 unspecified atom stereocenters. The predicted octanol–water partition coefficient (Wildman–Crippen LogP) is 1.98. The zero-order chi connectivity index (χ0) is 14.0. The van der Waals surface area contributed by atoms with Gasteiger partial charge in [-0.2, -0.15) is 0 Å². The third kappa shape index (κ3) is 3.11. The summed E-state index contributed by atoms with van der Waals surface area (Å²) in [5, 5.41) is 11.8. The summed E-state index contributed by atoms with van der Waals surface area (Å²) in [6, 6.07) is 6.69. The lowest BCUT2D eigenvalue weighted by Crippen LogP contribution is -2.07. The van der Waals surface area contributed by atoms with Gasteiger partial charge < -0.3 is 4.57 Å². The highest BCUT2D eigenvalue weighted by Crippen LogP contribution is 2.26.